The Labute approximate surface area is 133 Å². The number of thiazole rings is 1. The summed E-state index contributed by atoms with van der Waals surface area (Å²) in [5.74, 6) is 1.59. The van der Waals surface area contributed by atoms with Crippen LogP contribution in [0.25, 0.3) is 0 Å². The maximum Gasteiger partial charge on any atom is 0.185 e. The zero-order valence-corrected chi connectivity index (χ0v) is 14.5. The molecule has 1 N–H and O–H groups in total. The fourth-order valence-electron chi connectivity index (χ4n) is 3.87. The molecule has 4 heteroatoms. The highest BCUT2D eigenvalue weighted by Gasteiger charge is 2.28. The van der Waals surface area contributed by atoms with Crippen molar-refractivity contribution in [3.05, 3.63) is 10.6 Å². The Kier molecular flexibility index (Phi) is 4.85. The number of aromatic nitrogens is 1. The summed E-state index contributed by atoms with van der Waals surface area (Å²) < 4.78 is 0. The van der Waals surface area contributed by atoms with Crippen molar-refractivity contribution in [2.75, 3.05) is 24.5 Å². The lowest BCUT2D eigenvalue weighted by molar-refractivity contribution is 0.356. The summed E-state index contributed by atoms with van der Waals surface area (Å²) in [6.45, 7) is 10.5. The van der Waals surface area contributed by atoms with Gasteiger partial charge in [0.2, 0.25) is 0 Å². The summed E-state index contributed by atoms with van der Waals surface area (Å²) in [5.41, 5.74) is 1.38. The fourth-order valence-corrected chi connectivity index (χ4v) is 5.11. The lowest BCUT2D eigenvalue weighted by atomic mass is 9.92. The summed E-state index contributed by atoms with van der Waals surface area (Å²) in [4.78, 5) is 9.07. The average molecular weight is 308 g/mol. The van der Waals surface area contributed by atoms with Gasteiger partial charge in [-0.05, 0) is 50.5 Å². The Bertz CT molecular complexity index is 461. The van der Waals surface area contributed by atoms with Crippen LogP contribution in [0.5, 0.6) is 0 Å². The maximum absolute atomic E-state index is 5.01. The fraction of sp³-hybridized carbons (Fsp3) is 0.824. The van der Waals surface area contributed by atoms with Crippen LogP contribution >= 0.6 is 11.3 Å². The average Bonchev–Trinajstić information content (AvgIpc) is 2.88. The van der Waals surface area contributed by atoms with Crippen LogP contribution in [-0.4, -0.2) is 24.6 Å². The molecule has 0 radical (unpaired) electrons. The standard InChI is InChI=1S/C17H29N3S/c1-4-8-18-14-6-5-7-15-16(14)21-17(19-15)20-10-12(2)9-13(3)11-20/h12-14,18H,4-11H2,1-3H3. The van der Waals surface area contributed by atoms with Crippen molar-refractivity contribution in [2.24, 2.45) is 11.8 Å². The molecule has 3 rings (SSSR count). The minimum Gasteiger partial charge on any atom is -0.348 e. The summed E-state index contributed by atoms with van der Waals surface area (Å²) in [6.07, 6.45) is 6.31. The van der Waals surface area contributed by atoms with Crippen molar-refractivity contribution in [1.29, 1.82) is 0 Å². The summed E-state index contributed by atoms with van der Waals surface area (Å²) in [6, 6.07) is 0.555. The van der Waals surface area contributed by atoms with Gasteiger partial charge < -0.3 is 10.2 Å². The number of anilines is 1. The van der Waals surface area contributed by atoms with Crippen LogP contribution in [0, 0.1) is 11.8 Å². The predicted molar refractivity (Wildman–Crippen MR) is 91.2 cm³/mol. The van der Waals surface area contributed by atoms with E-state index in [9.17, 15) is 0 Å². The van der Waals surface area contributed by atoms with E-state index in [2.05, 4.69) is 31.0 Å². The van der Waals surface area contributed by atoms with Crippen molar-refractivity contribution < 1.29 is 0 Å². The maximum atomic E-state index is 5.01. The molecule has 2 heterocycles. The molecule has 0 spiro atoms. The van der Waals surface area contributed by atoms with Crippen LogP contribution < -0.4 is 10.2 Å². The third-order valence-electron chi connectivity index (χ3n) is 4.72. The van der Waals surface area contributed by atoms with Crippen molar-refractivity contribution in [2.45, 2.75) is 58.9 Å². The molecule has 0 aromatic carbocycles. The molecule has 1 fully saturated rings. The highest BCUT2D eigenvalue weighted by Crippen LogP contribution is 2.39. The van der Waals surface area contributed by atoms with Crippen LogP contribution in [0.3, 0.4) is 0 Å². The SMILES string of the molecule is CCCNC1CCCc2nc(N3CC(C)CC(C)C3)sc21. The van der Waals surface area contributed by atoms with E-state index in [-0.39, 0.29) is 0 Å². The number of nitrogens with zero attached hydrogens (tertiary/aromatic N) is 2. The van der Waals surface area contributed by atoms with Crippen molar-refractivity contribution in [1.82, 2.24) is 10.3 Å². The van der Waals surface area contributed by atoms with E-state index in [0.29, 0.717) is 6.04 Å². The highest BCUT2D eigenvalue weighted by atomic mass is 32.1. The van der Waals surface area contributed by atoms with E-state index >= 15 is 0 Å². The summed E-state index contributed by atoms with van der Waals surface area (Å²) >= 11 is 1.96. The van der Waals surface area contributed by atoms with E-state index in [1.54, 1.807) is 0 Å². The van der Waals surface area contributed by atoms with Crippen LogP contribution in [-0.2, 0) is 6.42 Å². The van der Waals surface area contributed by atoms with E-state index in [1.807, 2.05) is 11.3 Å². The van der Waals surface area contributed by atoms with E-state index < -0.39 is 0 Å². The van der Waals surface area contributed by atoms with Gasteiger partial charge in [0, 0.05) is 24.0 Å². The topological polar surface area (TPSA) is 28.2 Å². The zero-order valence-electron chi connectivity index (χ0n) is 13.7. The van der Waals surface area contributed by atoms with Crippen molar-refractivity contribution >= 4 is 16.5 Å². The molecular formula is C17H29N3S. The number of hydrogen-bond donors (Lipinski definition) is 1. The van der Waals surface area contributed by atoms with Gasteiger partial charge in [0.1, 0.15) is 0 Å². The summed E-state index contributed by atoms with van der Waals surface area (Å²) in [7, 11) is 0. The number of aryl methyl sites for hydroxylation is 1. The Balaban J connectivity index is 1.77. The van der Waals surface area contributed by atoms with Crippen molar-refractivity contribution in [3.8, 4) is 0 Å². The first-order chi connectivity index (χ1) is 10.2. The third kappa shape index (κ3) is 3.42. The van der Waals surface area contributed by atoms with Gasteiger partial charge in [-0.2, -0.15) is 0 Å². The number of hydrogen-bond acceptors (Lipinski definition) is 4. The molecule has 118 valence electrons. The van der Waals surface area contributed by atoms with Crippen LogP contribution in [0.4, 0.5) is 5.13 Å². The molecule has 1 saturated heterocycles. The van der Waals surface area contributed by atoms with Gasteiger partial charge in [0.15, 0.2) is 5.13 Å². The van der Waals surface area contributed by atoms with Crippen LogP contribution in [0.1, 0.15) is 63.1 Å². The molecule has 1 aromatic rings. The van der Waals surface area contributed by atoms with Gasteiger partial charge in [0.05, 0.1) is 5.69 Å². The number of fused-ring (bicyclic) bond motifs is 1. The molecule has 0 saturated carbocycles. The Morgan fingerprint density at radius 2 is 2.05 bits per heavy atom. The van der Waals surface area contributed by atoms with Crippen molar-refractivity contribution in [3.63, 3.8) is 0 Å². The summed E-state index contributed by atoms with van der Waals surface area (Å²) in [5, 5.41) is 4.99. The number of rotatable bonds is 4. The minimum absolute atomic E-state index is 0.555. The molecule has 1 aromatic heterocycles. The first-order valence-electron chi connectivity index (χ1n) is 8.65. The molecule has 1 aliphatic carbocycles. The van der Waals surface area contributed by atoms with Gasteiger partial charge in [-0.3, -0.25) is 0 Å². The normalized spacial score (nSPS) is 29.5. The molecular weight excluding hydrogens is 278 g/mol. The van der Waals surface area contributed by atoms with E-state index in [4.69, 9.17) is 4.98 Å². The second kappa shape index (κ2) is 6.66. The van der Waals surface area contributed by atoms with Crippen LogP contribution in [0.2, 0.25) is 0 Å². The first kappa shape index (κ1) is 15.3. The molecule has 2 aliphatic rings. The number of nitrogens with one attached hydrogen (secondary N) is 1. The van der Waals surface area contributed by atoms with E-state index in [1.165, 1.54) is 60.9 Å². The van der Waals surface area contributed by atoms with Gasteiger partial charge in [0.25, 0.3) is 0 Å². The van der Waals surface area contributed by atoms with Gasteiger partial charge in [-0.15, -0.1) is 0 Å². The van der Waals surface area contributed by atoms with Crippen LogP contribution in [0.15, 0.2) is 0 Å². The van der Waals surface area contributed by atoms with Gasteiger partial charge in [-0.1, -0.05) is 32.1 Å². The molecule has 0 bridgehead atoms. The monoisotopic (exact) mass is 307 g/mol. The van der Waals surface area contributed by atoms with Gasteiger partial charge in [-0.25, -0.2) is 4.98 Å². The smallest absolute Gasteiger partial charge is 0.185 e. The van der Waals surface area contributed by atoms with E-state index in [0.717, 1.165) is 18.4 Å². The minimum atomic E-state index is 0.555. The molecule has 3 nitrogen and oxygen atoms in total. The lowest BCUT2D eigenvalue weighted by Crippen LogP contribution is -2.38. The molecule has 3 atom stereocenters. The van der Waals surface area contributed by atoms with Gasteiger partial charge >= 0.3 is 0 Å². The Morgan fingerprint density at radius 3 is 2.76 bits per heavy atom. The zero-order chi connectivity index (χ0) is 14.8. The molecule has 21 heavy (non-hydrogen) atoms. The molecule has 1 aliphatic heterocycles. The molecule has 3 unspecified atom stereocenters. The number of piperidine rings is 1. The predicted octanol–water partition coefficient (Wildman–Crippen LogP) is 4.00. The largest absolute Gasteiger partial charge is 0.348 e. The first-order valence-corrected chi connectivity index (χ1v) is 9.47. The third-order valence-corrected chi connectivity index (χ3v) is 5.99. The Morgan fingerprint density at radius 1 is 1.29 bits per heavy atom. The quantitative estimate of drug-likeness (QED) is 0.911. The Hall–Kier alpha value is -0.610. The highest BCUT2D eigenvalue weighted by molar-refractivity contribution is 7.15. The second-order valence-electron chi connectivity index (χ2n) is 7.06. The lowest BCUT2D eigenvalue weighted by Gasteiger charge is -2.34. The molecule has 0 amide bonds. The second-order valence-corrected chi connectivity index (χ2v) is 8.07.